The predicted octanol–water partition coefficient (Wildman–Crippen LogP) is 1.46. The Morgan fingerprint density at radius 1 is 1.27 bits per heavy atom. The molecule has 0 amide bonds. The topological polar surface area (TPSA) is 41.3 Å². The molecule has 0 spiro atoms. The lowest BCUT2D eigenvalue weighted by atomic mass is 10.1. The number of piperazine rings is 1. The summed E-state index contributed by atoms with van der Waals surface area (Å²) in [4.78, 5) is 2.39. The summed E-state index contributed by atoms with van der Waals surface area (Å²) in [6, 6.07) is 9.19. The Hall–Kier alpha value is -1.22. The van der Waals surface area contributed by atoms with E-state index in [0.717, 1.165) is 18.8 Å². The van der Waals surface area contributed by atoms with Crippen LogP contribution < -0.4 is 16.0 Å². The van der Waals surface area contributed by atoms with E-state index in [9.17, 15) is 0 Å². The normalized spacial score (nSPS) is 26.7. The third-order valence-corrected chi connectivity index (χ3v) is 2.79. The first-order valence-electron chi connectivity index (χ1n) is 5.51. The smallest absolute Gasteiger partial charge is 0.0387 e. The lowest BCUT2D eigenvalue weighted by Crippen LogP contribution is -2.54. The molecule has 82 valence electrons. The zero-order chi connectivity index (χ0) is 10.8. The van der Waals surface area contributed by atoms with Crippen molar-refractivity contribution in [3.8, 4) is 0 Å². The van der Waals surface area contributed by atoms with E-state index in [2.05, 4.69) is 30.1 Å². The molecule has 1 fully saturated rings. The van der Waals surface area contributed by atoms with Gasteiger partial charge < -0.3 is 16.0 Å². The van der Waals surface area contributed by atoms with Gasteiger partial charge in [0.05, 0.1) is 0 Å². The molecular weight excluding hydrogens is 186 g/mol. The molecule has 2 rings (SSSR count). The van der Waals surface area contributed by atoms with Crippen LogP contribution in [0.15, 0.2) is 24.3 Å². The molecule has 2 atom stereocenters. The van der Waals surface area contributed by atoms with Crippen molar-refractivity contribution in [3.05, 3.63) is 24.3 Å². The zero-order valence-electron chi connectivity index (χ0n) is 9.40. The third-order valence-electron chi connectivity index (χ3n) is 2.79. The maximum Gasteiger partial charge on any atom is 0.0387 e. The Labute approximate surface area is 91.3 Å². The van der Waals surface area contributed by atoms with Crippen LogP contribution in [0.25, 0.3) is 0 Å². The minimum Gasteiger partial charge on any atom is -0.399 e. The van der Waals surface area contributed by atoms with Crippen molar-refractivity contribution in [2.45, 2.75) is 25.9 Å². The molecule has 1 heterocycles. The van der Waals surface area contributed by atoms with Gasteiger partial charge in [0.15, 0.2) is 0 Å². The molecule has 1 aliphatic heterocycles. The number of nitrogens with two attached hydrogens (primary N) is 1. The van der Waals surface area contributed by atoms with Crippen molar-refractivity contribution in [2.24, 2.45) is 0 Å². The van der Waals surface area contributed by atoms with Gasteiger partial charge in [0.2, 0.25) is 0 Å². The largest absolute Gasteiger partial charge is 0.399 e. The molecule has 3 heteroatoms. The average molecular weight is 205 g/mol. The Morgan fingerprint density at radius 3 is 2.53 bits per heavy atom. The minimum absolute atomic E-state index is 0.537. The zero-order valence-corrected chi connectivity index (χ0v) is 9.40. The molecule has 1 aromatic rings. The van der Waals surface area contributed by atoms with E-state index in [1.165, 1.54) is 5.69 Å². The number of nitrogens with zero attached hydrogens (tertiary/aromatic N) is 1. The van der Waals surface area contributed by atoms with Crippen molar-refractivity contribution in [3.63, 3.8) is 0 Å². The molecule has 0 aromatic heterocycles. The SMILES string of the molecule is CC1CN(c2cccc(N)c2)CC(C)N1. The Morgan fingerprint density at radius 2 is 1.93 bits per heavy atom. The van der Waals surface area contributed by atoms with Crippen LogP contribution in [0, 0.1) is 0 Å². The number of nitrogens with one attached hydrogen (secondary N) is 1. The number of hydrogen-bond donors (Lipinski definition) is 2. The summed E-state index contributed by atoms with van der Waals surface area (Å²) < 4.78 is 0. The van der Waals surface area contributed by atoms with E-state index in [1.807, 2.05) is 18.2 Å². The summed E-state index contributed by atoms with van der Waals surface area (Å²) in [6.07, 6.45) is 0. The molecule has 1 aliphatic rings. The Kier molecular flexibility index (Phi) is 2.82. The molecule has 0 radical (unpaired) electrons. The molecule has 0 bridgehead atoms. The molecule has 3 nitrogen and oxygen atoms in total. The second kappa shape index (κ2) is 4.11. The lowest BCUT2D eigenvalue weighted by Gasteiger charge is -2.37. The molecule has 3 N–H and O–H groups in total. The second-order valence-corrected chi connectivity index (χ2v) is 4.47. The molecule has 0 aliphatic carbocycles. The first-order chi connectivity index (χ1) is 7.15. The van der Waals surface area contributed by atoms with Gasteiger partial charge in [0.25, 0.3) is 0 Å². The van der Waals surface area contributed by atoms with Crippen LogP contribution in [0.2, 0.25) is 0 Å². The van der Waals surface area contributed by atoms with Gasteiger partial charge >= 0.3 is 0 Å². The summed E-state index contributed by atoms with van der Waals surface area (Å²) in [6.45, 7) is 6.53. The quantitative estimate of drug-likeness (QED) is 0.682. The first-order valence-corrected chi connectivity index (χ1v) is 5.51. The lowest BCUT2D eigenvalue weighted by molar-refractivity contribution is 0.407. The Bertz CT molecular complexity index is 327. The van der Waals surface area contributed by atoms with Crippen molar-refractivity contribution < 1.29 is 0 Å². The number of hydrogen-bond acceptors (Lipinski definition) is 3. The molecule has 15 heavy (non-hydrogen) atoms. The van der Waals surface area contributed by atoms with Gasteiger partial charge in [0, 0.05) is 36.5 Å². The van der Waals surface area contributed by atoms with Gasteiger partial charge in [-0.3, -0.25) is 0 Å². The van der Waals surface area contributed by atoms with Gasteiger partial charge in [-0.2, -0.15) is 0 Å². The van der Waals surface area contributed by atoms with E-state index < -0.39 is 0 Å². The van der Waals surface area contributed by atoms with E-state index >= 15 is 0 Å². The minimum atomic E-state index is 0.537. The van der Waals surface area contributed by atoms with E-state index in [4.69, 9.17) is 5.73 Å². The number of anilines is 2. The van der Waals surface area contributed by atoms with Crippen molar-refractivity contribution >= 4 is 11.4 Å². The maximum absolute atomic E-state index is 5.79. The monoisotopic (exact) mass is 205 g/mol. The highest BCUT2D eigenvalue weighted by molar-refractivity contribution is 5.56. The molecule has 1 aromatic carbocycles. The van der Waals surface area contributed by atoms with E-state index in [-0.39, 0.29) is 0 Å². The van der Waals surface area contributed by atoms with Gasteiger partial charge in [-0.15, -0.1) is 0 Å². The van der Waals surface area contributed by atoms with Gasteiger partial charge in [0.1, 0.15) is 0 Å². The average Bonchev–Trinajstić information content (AvgIpc) is 2.16. The van der Waals surface area contributed by atoms with Crippen LogP contribution in [-0.2, 0) is 0 Å². The highest BCUT2D eigenvalue weighted by atomic mass is 15.2. The van der Waals surface area contributed by atoms with Crippen molar-refractivity contribution in [2.75, 3.05) is 23.7 Å². The van der Waals surface area contributed by atoms with Gasteiger partial charge in [-0.25, -0.2) is 0 Å². The Balaban J connectivity index is 2.16. The summed E-state index contributed by atoms with van der Waals surface area (Å²) in [5.41, 5.74) is 7.86. The third kappa shape index (κ3) is 2.42. The fraction of sp³-hybridized carbons (Fsp3) is 0.500. The van der Waals surface area contributed by atoms with E-state index in [1.54, 1.807) is 0 Å². The highest BCUT2D eigenvalue weighted by Crippen LogP contribution is 2.19. The number of benzene rings is 1. The predicted molar refractivity (Wildman–Crippen MR) is 65.1 cm³/mol. The summed E-state index contributed by atoms with van der Waals surface area (Å²) in [5.74, 6) is 0. The first kappa shape index (κ1) is 10.3. The number of rotatable bonds is 1. The van der Waals surface area contributed by atoms with E-state index in [0.29, 0.717) is 12.1 Å². The van der Waals surface area contributed by atoms with Crippen LogP contribution in [-0.4, -0.2) is 25.2 Å². The van der Waals surface area contributed by atoms with Crippen LogP contribution in [0.1, 0.15) is 13.8 Å². The molecule has 1 saturated heterocycles. The maximum atomic E-state index is 5.79. The fourth-order valence-corrected chi connectivity index (χ4v) is 2.26. The summed E-state index contributed by atoms with van der Waals surface area (Å²) in [5, 5.41) is 3.52. The van der Waals surface area contributed by atoms with Crippen LogP contribution in [0.3, 0.4) is 0 Å². The van der Waals surface area contributed by atoms with Crippen LogP contribution in [0.4, 0.5) is 11.4 Å². The van der Waals surface area contributed by atoms with Gasteiger partial charge in [-0.05, 0) is 32.0 Å². The van der Waals surface area contributed by atoms with Crippen molar-refractivity contribution in [1.29, 1.82) is 0 Å². The van der Waals surface area contributed by atoms with Crippen molar-refractivity contribution in [1.82, 2.24) is 5.32 Å². The summed E-state index contributed by atoms with van der Waals surface area (Å²) >= 11 is 0. The van der Waals surface area contributed by atoms with Gasteiger partial charge in [-0.1, -0.05) is 6.07 Å². The standard InChI is InChI=1S/C12H19N3/c1-9-7-15(8-10(2)14-9)12-5-3-4-11(13)6-12/h3-6,9-10,14H,7-8,13H2,1-2H3. The number of nitrogen functional groups attached to an aromatic ring is 1. The van der Waals surface area contributed by atoms with Crippen LogP contribution >= 0.6 is 0 Å². The second-order valence-electron chi connectivity index (χ2n) is 4.47. The summed E-state index contributed by atoms with van der Waals surface area (Å²) in [7, 11) is 0. The fourth-order valence-electron chi connectivity index (χ4n) is 2.26. The molecule has 2 unspecified atom stereocenters. The molecule has 0 saturated carbocycles. The molecular formula is C12H19N3. The highest BCUT2D eigenvalue weighted by Gasteiger charge is 2.20. The van der Waals surface area contributed by atoms with Crippen LogP contribution in [0.5, 0.6) is 0 Å².